The number of thioether (sulfide) groups is 1. The molecule has 0 spiro atoms. The van der Waals surface area contributed by atoms with Gasteiger partial charge < -0.3 is 0 Å². The van der Waals surface area contributed by atoms with E-state index in [9.17, 15) is 13.2 Å². The van der Waals surface area contributed by atoms with Crippen molar-refractivity contribution in [2.75, 3.05) is 11.5 Å². The standard InChI is InChI=1S/C14H17NO3S3/c16-13-12(8-10-4-2-1-3-5-10)20-14(19)15(13)11-6-7-21(17,18)9-11/h1-2,8,10-11H,3-7,9H2/b12-8-/t10-,11+/m1/s1. The summed E-state index contributed by atoms with van der Waals surface area (Å²) in [7, 11) is -3.02. The third-order valence-corrected chi connectivity index (χ3v) is 7.19. The van der Waals surface area contributed by atoms with E-state index in [1.165, 1.54) is 16.7 Å². The van der Waals surface area contributed by atoms with Crippen LogP contribution in [0.2, 0.25) is 0 Å². The summed E-state index contributed by atoms with van der Waals surface area (Å²) in [4.78, 5) is 14.7. The van der Waals surface area contributed by atoms with Crippen LogP contribution in [0.15, 0.2) is 23.1 Å². The third-order valence-electron chi connectivity index (χ3n) is 4.09. The first-order valence-electron chi connectivity index (χ1n) is 7.09. The maximum absolute atomic E-state index is 12.5. The second-order valence-corrected chi connectivity index (χ2v) is 9.58. The molecule has 4 nitrogen and oxygen atoms in total. The van der Waals surface area contributed by atoms with Gasteiger partial charge in [0, 0.05) is 0 Å². The van der Waals surface area contributed by atoms with Gasteiger partial charge in [-0.25, -0.2) is 8.42 Å². The predicted molar refractivity (Wildman–Crippen MR) is 88.7 cm³/mol. The first kappa shape index (κ1) is 15.2. The highest BCUT2D eigenvalue weighted by molar-refractivity contribution is 8.26. The number of hydrogen-bond donors (Lipinski definition) is 0. The molecule has 0 unspecified atom stereocenters. The number of carbonyl (C=O) groups excluding carboxylic acids is 1. The quantitative estimate of drug-likeness (QED) is 0.437. The number of hydrogen-bond acceptors (Lipinski definition) is 5. The molecule has 0 saturated carbocycles. The first-order valence-corrected chi connectivity index (χ1v) is 10.1. The lowest BCUT2D eigenvalue weighted by Gasteiger charge is -2.21. The SMILES string of the molecule is O=C1/C(=C/[C@@H]2CC=CCC2)SC(=S)N1[C@H]1CCS(=O)(=O)C1. The van der Waals surface area contributed by atoms with Crippen LogP contribution in [0.25, 0.3) is 0 Å². The molecule has 0 bridgehead atoms. The van der Waals surface area contributed by atoms with E-state index in [4.69, 9.17) is 12.2 Å². The number of carbonyl (C=O) groups is 1. The Bertz CT molecular complexity index is 636. The van der Waals surface area contributed by atoms with Crippen LogP contribution in [-0.2, 0) is 14.6 Å². The van der Waals surface area contributed by atoms with Crippen molar-refractivity contribution in [1.82, 2.24) is 4.90 Å². The molecular weight excluding hydrogens is 326 g/mol. The van der Waals surface area contributed by atoms with Crippen LogP contribution < -0.4 is 0 Å². The van der Waals surface area contributed by atoms with Crippen molar-refractivity contribution in [1.29, 1.82) is 0 Å². The summed E-state index contributed by atoms with van der Waals surface area (Å²) in [6, 6.07) is -0.278. The van der Waals surface area contributed by atoms with Gasteiger partial charge in [0.25, 0.3) is 5.91 Å². The summed E-state index contributed by atoms with van der Waals surface area (Å²) < 4.78 is 23.7. The molecule has 2 aliphatic heterocycles. The summed E-state index contributed by atoms with van der Waals surface area (Å²) in [6.45, 7) is 0. The fourth-order valence-electron chi connectivity index (χ4n) is 2.97. The van der Waals surface area contributed by atoms with Crippen LogP contribution in [0, 0.1) is 5.92 Å². The Morgan fingerprint density at radius 3 is 2.76 bits per heavy atom. The molecule has 7 heteroatoms. The Balaban J connectivity index is 1.76. The highest BCUT2D eigenvalue weighted by atomic mass is 32.2. The smallest absolute Gasteiger partial charge is 0.266 e. The Kier molecular flexibility index (Phi) is 4.25. The zero-order valence-corrected chi connectivity index (χ0v) is 14.0. The summed E-state index contributed by atoms with van der Waals surface area (Å²) in [5, 5.41) is 0. The minimum atomic E-state index is -3.02. The van der Waals surface area contributed by atoms with Gasteiger partial charge in [0.2, 0.25) is 0 Å². The van der Waals surface area contributed by atoms with Crippen LogP contribution in [0.5, 0.6) is 0 Å². The van der Waals surface area contributed by atoms with Gasteiger partial charge in [0.05, 0.1) is 22.5 Å². The summed E-state index contributed by atoms with van der Waals surface area (Å²) in [5.41, 5.74) is 0. The van der Waals surface area contributed by atoms with E-state index >= 15 is 0 Å². The van der Waals surface area contributed by atoms with E-state index in [0.717, 1.165) is 19.3 Å². The largest absolute Gasteiger partial charge is 0.289 e. The molecule has 0 aromatic carbocycles. The molecular formula is C14H17NO3S3. The van der Waals surface area contributed by atoms with Crippen molar-refractivity contribution in [2.24, 2.45) is 5.92 Å². The number of allylic oxidation sites excluding steroid dienone is 3. The fourth-order valence-corrected chi connectivity index (χ4v) is 6.14. The topological polar surface area (TPSA) is 54.5 Å². The van der Waals surface area contributed by atoms with Gasteiger partial charge in [-0.2, -0.15) is 0 Å². The number of nitrogens with zero attached hydrogens (tertiary/aromatic N) is 1. The zero-order chi connectivity index (χ0) is 15.0. The lowest BCUT2D eigenvalue weighted by molar-refractivity contribution is -0.123. The van der Waals surface area contributed by atoms with Crippen LogP contribution in [0.3, 0.4) is 0 Å². The molecule has 3 aliphatic rings. The van der Waals surface area contributed by atoms with Gasteiger partial charge in [-0.15, -0.1) is 0 Å². The first-order chi connectivity index (χ1) is 9.96. The lowest BCUT2D eigenvalue weighted by atomic mass is 9.94. The molecule has 3 rings (SSSR count). The zero-order valence-electron chi connectivity index (χ0n) is 11.5. The van der Waals surface area contributed by atoms with Gasteiger partial charge in [-0.1, -0.05) is 42.2 Å². The minimum Gasteiger partial charge on any atom is -0.289 e. The fraction of sp³-hybridized carbons (Fsp3) is 0.571. The monoisotopic (exact) mass is 343 g/mol. The molecule has 0 radical (unpaired) electrons. The van der Waals surface area contributed by atoms with Gasteiger partial charge in [-0.05, 0) is 31.6 Å². The van der Waals surface area contributed by atoms with Gasteiger partial charge in [0.15, 0.2) is 9.84 Å². The van der Waals surface area contributed by atoms with E-state index in [2.05, 4.69) is 12.2 Å². The van der Waals surface area contributed by atoms with Crippen molar-refractivity contribution in [3.63, 3.8) is 0 Å². The van der Waals surface area contributed by atoms with E-state index in [1.807, 2.05) is 6.08 Å². The molecule has 1 amide bonds. The highest BCUT2D eigenvalue weighted by Crippen LogP contribution is 2.37. The van der Waals surface area contributed by atoms with Gasteiger partial charge in [0.1, 0.15) is 4.32 Å². The highest BCUT2D eigenvalue weighted by Gasteiger charge is 2.42. The molecule has 1 aliphatic carbocycles. The maximum atomic E-state index is 12.5. The van der Waals surface area contributed by atoms with Crippen LogP contribution >= 0.6 is 24.0 Å². The molecule has 2 heterocycles. The number of sulfone groups is 1. The van der Waals surface area contributed by atoms with Crippen molar-refractivity contribution in [3.8, 4) is 0 Å². The Labute approximate surface area is 134 Å². The second kappa shape index (κ2) is 5.85. The summed E-state index contributed by atoms with van der Waals surface area (Å²) in [6.07, 6.45) is 9.89. The Morgan fingerprint density at radius 2 is 2.14 bits per heavy atom. The average Bonchev–Trinajstić information content (AvgIpc) is 2.91. The van der Waals surface area contributed by atoms with Crippen LogP contribution in [-0.4, -0.2) is 41.1 Å². The second-order valence-electron chi connectivity index (χ2n) is 5.68. The molecule has 0 N–H and O–H groups in total. The number of rotatable bonds is 2. The van der Waals surface area contributed by atoms with Crippen LogP contribution in [0.1, 0.15) is 25.7 Å². The van der Waals surface area contributed by atoms with Crippen molar-refractivity contribution >= 4 is 44.0 Å². The maximum Gasteiger partial charge on any atom is 0.266 e. The molecule has 2 fully saturated rings. The van der Waals surface area contributed by atoms with Crippen molar-refractivity contribution in [3.05, 3.63) is 23.1 Å². The summed E-state index contributed by atoms with van der Waals surface area (Å²) in [5.74, 6) is 0.471. The Hall–Kier alpha value is -0.660. The van der Waals surface area contributed by atoms with E-state index in [1.54, 1.807) is 0 Å². The normalized spacial score (nSPS) is 34.1. The van der Waals surface area contributed by atoms with Crippen molar-refractivity contribution < 1.29 is 13.2 Å². The molecule has 21 heavy (non-hydrogen) atoms. The van der Waals surface area contributed by atoms with Gasteiger partial charge in [-0.3, -0.25) is 9.69 Å². The van der Waals surface area contributed by atoms with Crippen LogP contribution in [0.4, 0.5) is 0 Å². The number of amides is 1. The van der Waals surface area contributed by atoms with Gasteiger partial charge >= 0.3 is 0 Å². The average molecular weight is 343 g/mol. The van der Waals surface area contributed by atoms with E-state index in [-0.39, 0.29) is 23.5 Å². The molecule has 2 atom stereocenters. The molecule has 0 aromatic heterocycles. The Morgan fingerprint density at radius 1 is 1.33 bits per heavy atom. The molecule has 2 saturated heterocycles. The number of thiocarbonyl (C=S) groups is 1. The predicted octanol–water partition coefficient (Wildman–Crippen LogP) is 2.27. The third kappa shape index (κ3) is 3.24. The summed E-state index contributed by atoms with van der Waals surface area (Å²) >= 11 is 6.60. The minimum absolute atomic E-state index is 0.0406. The van der Waals surface area contributed by atoms with E-state index in [0.29, 0.717) is 21.6 Å². The molecule has 0 aromatic rings. The molecule has 114 valence electrons. The van der Waals surface area contributed by atoms with Crippen molar-refractivity contribution in [2.45, 2.75) is 31.7 Å². The lowest BCUT2D eigenvalue weighted by Crippen LogP contribution is -2.39. The van der Waals surface area contributed by atoms with E-state index < -0.39 is 9.84 Å².